The van der Waals surface area contributed by atoms with Gasteiger partial charge in [-0.2, -0.15) is 0 Å². The first kappa shape index (κ1) is 23.4. The standard InChI is InChI=1S/C28H32N2O5/c1-28(26(32)33)13-15-30(16-14-28)25(31)22-11-6-12-24(22)29-27(34)35-17-23-20-9-4-2-7-18(20)19-8-3-5-10-21(19)23/h2-5,7-10,22-24H,6,11-17H2,1H3,(H,29,34)(H,32,33). The molecule has 0 spiro atoms. The summed E-state index contributed by atoms with van der Waals surface area (Å²) >= 11 is 0. The molecule has 2 atom stereocenters. The summed E-state index contributed by atoms with van der Waals surface area (Å²) in [6.45, 7) is 2.87. The zero-order valence-corrected chi connectivity index (χ0v) is 20.0. The van der Waals surface area contributed by atoms with Crippen molar-refractivity contribution in [2.75, 3.05) is 19.7 Å². The number of amides is 2. The topological polar surface area (TPSA) is 95.9 Å². The van der Waals surface area contributed by atoms with Gasteiger partial charge in [0.15, 0.2) is 0 Å². The molecule has 184 valence electrons. The van der Waals surface area contributed by atoms with Gasteiger partial charge in [-0.25, -0.2) is 4.79 Å². The van der Waals surface area contributed by atoms with Crippen molar-refractivity contribution in [2.45, 2.75) is 51.0 Å². The smallest absolute Gasteiger partial charge is 0.407 e. The van der Waals surface area contributed by atoms with Crippen LogP contribution in [-0.4, -0.2) is 53.7 Å². The third-order valence-corrected chi connectivity index (χ3v) is 8.18. The summed E-state index contributed by atoms with van der Waals surface area (Å²) in [5.74, 6) is -1.09. The van der Waals surface area contributed by atoms with E-state index in [4.69, 9.17) is 4.74 Å². The number of alkyl carbamates (subject to hydrolysis) is 1. The van der Waals surface area contributed by atoms with Gasteiger partial charge in [-0.05, 0) is 54.9 Å². The molecule has 0 aromatic heterocycles. The van der Waals surface area contributed by atoms with Gasteiger partial charge in [0.2, 0.25) is 5.91 Å². The minimum atomic E-state index is -0.805. The van der Waals surface area contributed by atoms with Crippen LogP contribution in [0.1, 0.15) is 56.1 Å². The second-order valence-electron chi connectivity index (χ2n) is 10.3. The number of carboxylic acids is 1. The monoisotopic (exact) mass is 476 g/mol. The number of fused-ring (bicyclic) bond motifs is 3. The fraction of sp³-hybridized carbons (Fsp3) is 0.464. The highest BCUT2D eigenvalue weighted by atomic mass is 16.5. The van der Waals surface area contributed by atoms with Crippen LogP contribution in [0, 0.1) is 11.3 Å². The van der Waals surface area contributed by atoms with Crippen molar-refractivity contribution in [1.29, 1.82) is 0 Å². The molecular formula is C28H32N2O5. The molecule has 1 saturated heterocycles. The molecular weight excluding hydrogens is 444 g/mol. The third kappa shape index (κ3) is 4.40. The summed E-state index contributed by atoms with van der Waals surface area (Å²) < 4.78 is 5.69. The summed E-state index contributed by atoms with van der Waals surface area (Å²) in [6.07, 6.45) is 2.73. The normalized spacial score (nSPS) is 22.8. The van der Waals surface area contributed by atoms with Crippen LogP contribution < -0.4 is 5.32 Å². The molecule has 5 rings (SSSR count). The Kier molecular flexibility index (Phi) is 6.26. The number of piperidine rings is 1. The fourth-order valence-electron chi connectivity index (χ4n) is 5.89. The first-order valence-corrected chi connectivity index (χ1v) is 12.5. The van der Waals surface area contributed by atoms with Crippen molar-refractivity contribution in [3.05, 3.63) is 59.7 Å². The molecule has 3 aliphatic rings. The molecule has 1 aliphatic heterocycles. The predicted molar refractivity (Wildman–Crippen MR) is 131 cm³/mol. The van der Waals surface area contributed by atoms with Crippen LogP contribution in [0.2, 0.25) is 0 Å². The minimum Gasteiger partial charge on any atom is -0.481 e. The second-order valence-corrected chi connectivity index (χ2v) is 10.3. The van der Waals surface area contributed by atoms with Crippen molar-refractivity contribution in [3.63, 3.8) is 0 Å². The summed E-state index contributed by atoms with van der Waals surface area (Å²) in [7, 11) is 0. The molecule has 0 bridgehead atoms. The molecule has 0 radical (unpaired) electrons. The average molecular weight is 477 g/mol. The van der Waals surface area contributed by atoms with Crippen molar-refractivity contribution in [3.8, 4) is 11.1 Å². The van der Waals surface area contributed by atoms with E-state index in [0.717, 1.165) is 30.4 Å². The Balaban J connectivity index is 1.18. The minimum absolute atomic E-state index is 0.00828. The van der Waals surface area contributed by atoms with Gasteiger partial charge in [0.1, 0.15) is 6.61 Å². The number of carboxylic acid groups (broad SMARTS) is 1. The first-order chi connectivity index (χ1) is 16.9. The Morgan fingerprint density at radius 1 is 1.00 bits per heavy atom. The average Bonchev–Trinajstić information content (AvgIpc) is 3.45. The molecule has 1 saturated carbocycles. The lowest BCUT2D eigenvalue weighted by molar-refractivity contribution is -0.153. The van der Waals surface area contributed by atoms with E-state index >= 15 is 0 Å². The van der Waals surface area contributed by atoms with Crippen molar-refractivity contribution in [2.24, 2.45) is 11.3 Å². The van der Waals surface area contributed by atoms with E-state index in [-0.39, 0.29) is 30.4 Å². The Morgan fingerprint density at radius 2 is 1.60 bits per heavy atom. The Hall–Kier alpha value is -3.35. The number of carbonyl (C=O) groups is 3. The Bertz CT molecular complexity index is 1090. The van der Waals surface area contributed by atoms with Gasteiger partial charge in [-0.15, -0.1) is 0 Å². The van der Waals surface area contributed by atoms with Crippen LogP contribution in [0.25, 0.3) is 11.1 Å². The first-order valence-electron chi connectivity index (χ1n) is 12.5. The maximum Gasteiger partial charge on any atom is 0.407 e. The number of carbonyl (C=O) groups excluding carboxylic acids is 2. The highest BCUT2D eigenvalue weighted by Crippen LogP contribution is 2.44. The molecule has 1 heterocycles. The zero-order valence-electron chi connectivity index (χ0n) is 20.0. The van der Waals surface area contributed by atoms with E-state index in [0.29, 0.717) is 25.9 Å². The number of nitrogens with zero attached hydrogens (tertiary/aromatic N) is 1. The maximum absolute atomic E-state index is 13.2. The van der Waals surface area contributed by atoms with Gasteiger partial charge in [0, 0.05) is 25.0 Å². The van der Waals surface area contributed by atoms with E-state index in [9.17, 15) is 19.5 Å². The zero-order chi connectivity index (χ0) is 24.6. The highest BCUT2D eigenvalue weighted by Gasteiger charge is 2.42. The number of rotatable bonds is 5. The SMILES string of the molecule is CC1(C(=O)O)CCN(C(=O)C2CCCC2NC(=O)OCC2c3ccccc3-c3ccccc32)CC1. The van der Waals surface area contributed by atoms with Crippen LogP contribution in [0.5, 0.6) is 0 Å². The van der Waals surface area contributed by atoms with Gasteiger partial charge < -0.3 is 20.1 Å². The van der Waals surface area contributed by atoms with Crippen LogP contribution in [0.15, 0.2) is 48.5 Å². The number of nitrogens with one attached hydrogen (secondary N) is 1. The lowest BCUT2D eigenvalue weighted by atomic mass is 9.80. The van der Waals surface area contributed by atoms with Crippen LogP contribution in [-0.2, 0) is 14.3 Å². The number of ether oxygens (including phenoxy) is 1. The van der Waals surface area contributed by atoms with Gasteiger partial charge in [0.25, 0.3) is 0 Å². The molecule has 2 aromatic carbocycles. The third-order valence-electron chi connectivity index (χ3n) is 8.18. The molecule has 2 aromatic rings. The van der Waals surface area contributed by atoms with Gasteiger partial charge in [-0.1, -0.05) is 55.0 Å². The number of hydrogen-bond donors (Lipinski definition) is 2. The van der Waals surface area contributed by atoms with Crippen LogP contribution in [0.3, 0.4) is 0 Å². The van der Waals surface area contributed by atoms with E-state index in [2.05, 4.69) is 29.6 Å². The van der Waals surface area contributed by atoms with Crippen LogP contribution >= 0.6 is 0 Å². The highest BCUT2D eigenvalue weighted by molar-refractivity contribution is 5.82. The van der Waals surface area contributed by atoms with E-state index < -0.39 is 17.5 Å². The van der Waals surface area contributed by atoms with Gasteiger partial charge in [0.05, 0.1) is 11.3 Å². The molecule has 7 heteroatoms. The van der Waals surface area contributed by atoms with Crippen molar-refractivity contribution < 1.29 is 24.2 Å². The van der Waals surface area contributed by atoms with Crippen LogP contribution in [0.4, 0.5) is 4.79 Å². The van der Waals surface area contributed by atoms with Crippen molar-refractivity contribution in [1.82, 2.24) is 10.2 Å². The van der Waals surface area contributed by atoms with E-state index in [1.165, 1.54) is 11.1 Å². The van der Waals surface area contributed by atoms with Gasteiger partial charge >= 0.3 is 12.1 Å². The number of hydrogen-bond acceptors (Lipinski definition) is 4. The quantitative estimate of drug-likeness (QED) is 0.667. The molecule has 2 fully saturated rings. The summed E-state index contributed by atoms with van der Waals surface area (Å²) in [6, 6.07) is 16.2. The largest absolute Gasteiger partial charge is 0.481 e. The number of benzene rings is 2. The summed E-state index contributed by atoms with van der Waals surface area (Å²) in [5, 5.41) is 12.4. The second kappa shape index (κ2) is 9.36. The van der Waals surface area contributed by atoms with E-state index in [1.807, 2.05) is 24.3 Å². The molecule has 2 aliphatic carbocycles. The van der Waals surface area contributed by atoms with Crippen molar-refractivity contribution >= 4 is 18.0 Å². The lowest BCUT2D eigenvalue weighted by Crippen LogP contribution is -2.50. The van der Waals surface area contributed by atoms with E-state index in [1.54, 1.807) is 11.8 Å². The fourth-order valence-corrected chi connectivity index (χ4v) is 5.89. The number of aliphatic carboxylic acids is 1. The maximum atomic E-state index is 13.2. The predicted octanol–water partition coefficient (Wildman–Crippen LogP) is 4.41. The molecule has 35 heavy (non-hydrogen) atoms. The molecule has 2 amide bonds. The number of likely N-dealkylation sites (tertiary alicyclic amines) is 1. The molecule has 2 N–H and O–H groups in total. The summed E-state index contributed by atoms with van der Waals surface area (Å²) in [4.78, 5) is 39.2. The molecule has 7 nitrogen and oxygen atoms in total. The Morgan fingerprint density at radius 3 is 2.20 bits per heavy atom. The lowest BCUT2D eigenvalue weighted by Gasteiger charge is -2.38. The van der Waals surface area contributed by atoms with Gasteiger partial charge in [-0.3, -0.25) is 9.59 Å². The summed E-state index contributed by atoms with van der Waals surface area (Å²) in [5.41, 5.74) is 3.91. The Labute approximate surface area is 205 Å². The molecule has 2 unspecified atom stereocenters.